The first-order chi connectivity index (χ1) is 7.54. The predicted molar refractivity (Wildman–Crippen MR) is 59.7 cm³/mol. The zero-order chi connectivity index (χ0) is 12.1. The van der Waals surface area contributed by atoms with Crippen LogP contribution in [0.4, 0.5) is 8.78 Å². The van der Waals surface area contributed by atoms with E-state index in [0.29, 0.717) is 10.6 Å². The molecule has 1 aromatic rings. The normalized spacial score (nSPS) is 13.8. The average Bonchev–Trinajstić information content (AvgIpc) is 2.26. The van der Waals surface area contributed by atoms with Crippen LogP contribution in [0.2, 0.25) is 0 Å². The number of nitrogens with two attached hydrogens (primary N) is 1. The molecule has 0 amide bonds. The number of benzene rings is 1. The van der Waals surface area contributed by atoms with Crippen molar-refractivity contribution in [3.8, 4) is 0 Å². The summed E-state index contributed by atoms with van der Waals surface area (Å²) in [6, 6.07) is 3.39. The fraction of sp³-hybridized carbons (Fsp3) is 0.300. The maximum absolute atomic E-state index is 13.2. The van der Waals surface area contributed by atoms with Crippen molar-refractivity contribution in [2.75, 3.05) is 5.75 Å². The average molecular weight is 246 g/mol. The first kappa shape index (κ1) is 12.8. The van der Waals surface area contributed by atoms with E-state index in [4.69, 9.17) is 10.9 Å². The van der Waals surface area contributed by atoms with E-state index in [1.165, 1.54) is 23.9 Å². The van der Waals surface area contributed by atoms with E-state index in [0.717, 1.165) is 6.07 Å². The van der Waals surface area contributed by atoms with Gasteiger partial charge in [0, 0.05) is 22.6 Å². The molecule has 0 saturated carbocycles. The van der Waals surface area contributed by atoms with Crippen LogP contribution >= 0.6 is 11.8 Å². The third kappa shape index (κ3) is 3.37. The van der Waals surface area contributed by atoms with Gasteiger partial charge < -0.3 is 10.9 Å². The first-order valence-electron chi connectivity index (χ1n) is 4.60. The fourth-order valence-electron chi connectivity index (χ4n) is 0.991. The molecular formula is C10H12F2N2OS. The number of halogens is 2. The number of hydrogen-bond acceptors (Lipinski definition) is 3. The van der Waals surface area contributed by atoms with Crippen molar-refractivity contribution in [3.05, 3.63) is 29.8 Å². The van der Waals surface area contributed by atoms with Crippen LogP contribution in [0, 0.1) is 17.6 Å². The first-order valence-corrected chi connectivity index (χ1v) is 5.58. The molecule has 0 radical (unpaired) electrons. The van der Waals surface area contributed by atoms with Crippen LogP contribution in [-0.4, -0.2) is 16.8 Å². The van der Waals surface area contributed by atoms with Gasteiger partial charge in [0.15, 0.2) is 0 Å². The molecule has 3 N–H and O–H groups in total. The molecule has 3 nitrogen and oxygen atoms in total. The molecule has 0 saturated heterocycles. The van der Waals surface area contributed by atoms with Crippen molar-refractivity contribution >= 4 is 17.6 Å². The Bertz CT molecular complexity index is 398. The summed E-state index contributed by atoms with van der Waals surface area (Å²) < 4.78 is 25.8. The summed E-state index contributed by atoms with van der Waals surface area (Å²) in [7, 11) is 0. The van der Waals surface area contributed by atoms with Gasteiger partial charge in [-0.1, -0.05) is 12.1 Å². The summed E-state index contributed by atoms with van der Waals surface area (Å²) in [5.74, 6) is -0.837. The van der Waals surface area contributed by atoms with Crippen molar-refractivity contribution in [2.24, 2.45) is 16.8 Å². The van der Waals surface area contributed by atoms with E-state index in [1.54, 1.807) is 6.92 Å². The Morgan fingerprint density at radius 1 is 1.56 bits per heavy atom. The van der Waals surface area contributed by atoms with Crippen LogP contribution in [0.5, 0.6) is 0 Å². The zero-order valence-corrected chi connectivity index (χ0v) is 9.47. The summed E-state index contributed by atoms with van der Waals surface area (Å²) in [6.07, 6.45) is 0. The number of oxime groups is 1. The highest BCUT2D eigenvalue weighted by molar-refractivity contribution is 7.99. The maximum Gasteiger partial charge on any atom is 0.142 e. The van der Waals surface area contributed by atoms with Crippen LogP contribution in [0.1, 0.15) is 6.92 Å². The second kappa shape index (κ2) is 5.69. The largest absolute Gasteiger partial charge is 0.409 e. The molecule has 1 aromatic carbocycles. The van der Waals surface area contributed by atoms with Gasteiger partial charge in [0.2, 0.25) is 0 Å². The molecular weight excluding hydrogens is 234 g/mol. The Balaban J connectivity index is 2.61. The van der Waals surface area contributed by atoms with Crippen molar-refractivity contribution in [1.29, 1.82) is 0 Å². The summed E-state index contributed by atoms with van der Waals surface area (Å²) in [5.41, 5.74) is 5.38. The second-order valence-electron chi connectivity index (χ2n) is 3.31. The monoisotopic (exact) mass is 246 g/mol. The minimum Gasteiger partial charge on any atom is -0.409 e. The van der Waals surface area contributed by atoms with Crippen molar-refractivity contribution in [1.82, 2.24) is 0 Å². The SMILES string of the molecule is CC(CSc1ccc(F)cc1F)/C(N)=N/O. The highest BCUT2D eigenvalue weighted by atomic mass is 32.2. The smallest absolute Gasteiger partial charge is 0.142 e. The zero-order valence-electron chi connectivity index (χ0n) is 8.65. The highest BCUT2D eigenvalue weighted by Crippen LogP contribution is 2.24. The van der Waals surface area contributed by atoms with Gasteiger partial charge >= 0.3 is 0 Å². The van der Waals surface area contributed by atoms with Gasteiger partial charge in [-0.25, -0.2) is 8.78 Å². The molecule has 0 fully saturated rings. The number of hydrogen-bond donors (Lipinski definition) is 2. The van der Waals surface area contributed by atoms with Crippen LogP contribution in [-0.2, 0) is 0 Å². The number of thioether (sulfide) groups is 1. The molecule has 88 valence electrons. The molecule has 0 aliphatic rings. The third-order valence-corrected chi connectivity index (χ3v) is 3.31. The van der Waals surface area contributed by atoms with Crippen LogP contribution < -0.4 is 5.73 Å². The molecule has 6 heteroatoms. The topological polar surface area (TPSA) is 58.6 Å². The molecule has 1 unspecified atom stereocenters. The number of rotatable bonds is 4. The molecule has 1 atom stereocenters. The van der Waals surface area contributed by atoms with E-state index in [9.17, 15) is 8.78 Å². The van der Waals surface area contributed by atoms with Gasteiger partial charge in [-0.15, -0.1) is 11.8 Å². The van der Waals surface area contributed by atoms with Crippen molar-refractivity contribution < 1.29 is 14.0 Å². The molecule has 0 aliphatic heterocycles. The molecule has 0 spiro atoms. The van der Waals surface area contributed by atoms with Gasteiger partial charge in [-0.05, 0) is 12.1 Å². The lowest BCUT2D eigenvalue weighted by Gasteiger charge is -2.09. The maximum atomic E-state index is 13.2. The highest BCUT2D eigenvalue weighted by Gasteiger charge is 2.10. The van der Waals surface area contributed by atoms with Crippen LogP contribution in [0.3, 0.4) is 0 Å². The van der Waals surface area contributed by atoms with Gasteiger partial charge in [-0.3, -0.25) is 0 Å². The molecule has 0 bridgehead atoms. The molecule has 0 aromatic heterocycles. The standard InChI is InChI=1S/C10H12F2N2OS/c1-6(10(13)14-15)5-16-9-3-2-7(11)4-8(9)12/h2-4,6,15H,5H2,1H3,(H2,13,14). The summed E-state index contributed by atoms with van der Waals surface area (Å²) in [4.78, 5) is 0.346. The fourth-order valence-corrected chi connectivity index (χ4v) is 1.95. The second-order valence-corrected chi connectivity index (χ2v) is 4.37. The molecule has 1 rings (SSSR count). The lowest BCUT2D eigenvalue weighted by atomic mass is 10.2. The van der Waals surface area contributed by atoms with E-state index in [2.05, 4.69) is 5.16 Å². The van der Waals surface area contributed by atoms with Crippen LogP contribution in [0.25, 0.3) is 0 Å². The van der Waals surface area contributed by atoms with Crippen molar-refractivity contribution in [2.45, 2.75) is 11.8 Å². The van der Waals surface area contributed by atoms with Gasteiger partial charge in [-0.2, -0.15) is 0 Å². The Morgan fingerprint density at radius 2 is 2.25 bits per heavy atom. The van der Waals surface area contributed by atoms with Crippen LogP contribution in [0.15, 0.2) is 28.3 Å². The Kier molecular flexibility index (Phi) is 4.54. The number of nitrogens with zero attached hydrogens (tertiary/aromatic N) is 1. The Morgan fingerprint density at radius 3 is 2.81 bits per heavy atom. The lowest BCUT2D eigenvalue weighted by molar-refractivity contribution is 0.315. The quantitative estimate of drug-likeness (QED) is 0.282. The molecule has 16 heavy (non-hydrogen) atoms. The Labute approximate surface area is 96.3 Å². The minimum atomic E-state index is -0.605. The van der Waals surface area contributed by atoms with Gasteiger partial charge in [0.25, 0.3) is 0 Å². The van der Waals surface area contributed by atoms with Crippen molar-refractivity contribution in [3.63, 3.8) is 0 Å². The van der Waals surface area contributed by atoms with E-state index in [1.807, 2.05) is 0 Å². The summed E-state index contributed by atoms with van der Waals surface area (Å²) in [5, 5.41) is 11.3. The summed E-state index contributed by atoms with van der Waals surface area (Å²) >= 11 is 1.19. The lowest BCUT2D eigenvalue weighted by Crippen LogP contribution is -2.22. The van der Waals surface area contributed by atoms with E-state index in [-0.39, 0.29) is 11.8 Å². The van der Waals surface area contributed by atoms with Gasteiger partial charge in [0.1, 0.15) is 17.5 Å². The molecule has 0 heterocycles. The Hall–Kier alpha value is -1.30. The van der Waals surface area contributed by atoms with E-state index >= 15 is 0 Å². The summed E-state index contributed by atoms with van der Waals surface area (Å²) in [6.45, 7) is 1.75. The number of amidine groups is 1. The van der Waals surface area contributed by atoms with E-state index < -0.39 is 11.6 Å². The third-order valence-electron chi connectivity index (χ3n) is 2.00. The van der Waals surface area contributed by atoms with Gasteiger partial charge in [0.05, 0.1) is 0 Å². The molecule has 0 aliphatic carbocycles. The predicted octanol–water partition coefficient (Wildman–Crippen LogP) is 2.44. The minimum absolute atomic E-state index is 0.0926.